The molecule has 0 radical (unpaired) electrons. The summed E-state index contributed by atoms with van der Waals surface area (Å²) in [6.45, 7) is 7.59. The average molecular weight is 267 g/mol. The normalized spacial score (nSPS) is 41.1. The predicted molar refractivity (Wildman–Crippen MR) is 77.1 cm³/mol. The maximum atomic E-state index is 11.7. The van der Waals surface area contributed by atoms with E-state index in [9.17, 15) is 4.79 Å². The Kier molecular flexibility index (Phi) is 5.02. The van der Waals surface area contributed by atoms with Crippen molar-refractivity contribution in [2.75, 3.05) is 26.7 Å². The molecule has 0 bridgehead atoms. The molecule has 1 aliphatic heterocycles. The number of carbonyl (C=O) groups excluding carboxylic acids is 1. The number of piperidine rings is 1. The molecule has 3 heteroatoms. The molecule has 110 valence electrons. The van der Waals surface area contributed by atoms with Crippen molar-refractivity contribution in [2.45, 2.75) is 52.1 Å². The Morgan fingerprint density at radius 3 is 2.79 bits per heavy atom. The number of nitrogens with zero attached hydrogens (tertiary/aromatic N) is 1. The topological polar surface area (TPSA) is 29.5 Å². The van der Waals surface area contributed by atoms with E-state index in [2.05, 4.69) is 18.7 Å². The van der Waals surface area contributed by atoms with E-state index in [-0.39, 0.29) is 5.41 Å². The third-order valence-electron chi connectivity index (χ3n) is 5.19. The Labute approximate surface area is 117 Å². The summed E-state index contributed by atoms with van der Waals surface area (Å²) < 4.78 is 5.58. The number of hydrogen-bond donors (Lipinski definition) is 0. The van der Waals surface area contributed by atoms with Crippen LogP contribution >= 0.6 is 0 Å². The molecule has 2 rings (SSSR count). The van der Waals surface area contributed by atoms with Gasteiger partial charge in [0.15, 0.2) is 0 Å². The second-order valence-electron chi connectivity index (χ2n) is 6.96. The van der Waals surface area contributed by atoms with Crippen LogP contribution in [0.3, 0.4) is 0 Å². The molecule has 3 nitrogen and oxygen atoms in total. The van der Waals surface area contributed by atoms with E-state index in [0.717, 1.165) is 32.5 Å². The third-order valence-corrected chi connectivity index (χ3v) is 5.19. The molecule has 4 atom stereocenters. The van der Waals surface area contributed by atoms with E-state index in [0.29, 0.717) is 17.9 Å². The quantitative estimate of drug-likeness (QED) is 0.734. The summed E-state index contributed by atoms with van der Waals surface area (Å²) >= 11 is 0. The zero-order valence-corrected chi connectivity index (χ0v) is 12.7. The first kappa shape index (κ1) is 15.0. The largest absolute Gasteiger partial charge is 0.380 e. The zero-order chi connectivity index (χ0) is 13.9. The highest BCUT2D eigenvalue weighted by Gasteiger charge is 2.38. The van der Waals surface area contributed by atoms with Gasteiger partial charge >= 0.3 is 0 Å². The van der Waals surface area contributed by atoms with Gasteiger partial charge in [-0.2, -0.15) is 0 Å². The summed E-state index contributed by atoms with van der Waals surface area (Å²) in [5, 5.41) is 0. The van der Waals surface area contributed by atoms with Crippen LogP contribution in [-0.4, -0.2) is 44.0 Å². The van der Waals surface area contributed by atoms with Crippen LogP contribution in [0.2, 0.25) is 0 Å². The van der Waals surface area contributed by atoms with Crippen molar-refractivity contribution < 1.29 is 9.53 Å². The molecule has 0 N–H and O–H groups in total. The van der Waals surface area contributed by atoms with Crippen molar-refractivity contribution in [1.82, 2.24) is 4.90 Å². The van der Waals surface area contributed by atoms with E-state index < -0.39 is 0 Å². The fraction of sp³-hybridized carbons (Fsp3) is 0.938. The minimum Gasteiger partial charge on any atom is -0.380 e. The average Bonchev–Trinajstić information content (AvgIpc) is 2.41. The molecule has 1 saturated heterocycles. The lowest BCUT2D eigenvalue weighted by Gasteiger charge is -2.43. The molecule has 4 unspecified atom stereocenters. The Hall–Kier alpha value is -0.410. The van der Waals surface area contributed by atoms with Crippen LogP contribution in [0.25, 0.3) is 0 Å². The fourth-order valence-electron chi connectivity index (χ4n) is 3.98. The van der Waals surface area contributed by atoms with Gasteiger partial charge in [0, 0.05) is 25.6 Å². The number of aldehydes is 1. The predicted octanol–water partition coefficient (Wildman–Crippen LogP) is 2.74. The van der Waals surface area contributed by atoms with Crippen molar-refractivity contribution in [3.63, 3.8) is 0 Å². The van der Waals surface area contributed by atoms with E-state index >= 15 is 0 Å². The lowest BCUT2D eigenvalue weighted by atomic mass is 9.70. The smallest absolute Gasteiger partial charge is 0.127 e. The van der Waals surface area contributed by atoms with Crippen molar-refractivity contribution in [1.29, 1.82) is 0 Å². The summed E-state index contributed by atoms with van der Waals surface area (Å²) in [5.41, 5.74) is -0.0868. The van der Waals surface area contributed by atoms with Gasteiger partial charge in [-0.15, -0.1) is 0 Å². The molecule has 0 spiro atoms. The molecule has 0 aromatic carbocycles. The molecular formula is C16H29NO2. The molecular weight excluding hydrogens is 238 g/mol. The number of hydrogen-bond acceptors (Lipinski definition) is 3. The van der Waals surface area contributed by atoms with Crippen molar-refractivity contribution in [3.8, 4) is 0 Å². The Balaban J connectivity index is 1.96. The zero-order valence-electron chi connectivity index (χ0n) is 12.7. The first-order valence-electron chi connectivity index (χ1n) is 7.80. The van der Waals surface area contributed by atoms with Crippen LogP contribution in [0.4, 0.5) is 0 Å². The van der Waals surface area contributed by atoms with Gasteiger partial charge in [0.05, 0.1) is 6.10 Å². The fourth-order valence-corrected chi connectivity index (χ4v) is 3.98. The highest BCUT2D eigenvalue weighted by atomic mass is 16.5. The summed E-state index contributed by atoms with van der Waals surface area (Å²) in [7, 11) is 1.81. The Bertz CT molecular complexity index is 307. The standard InChI is InChI=1S/C16H29NO2/c1-13-5-4-7-16(9-13,12-18)11-17-8-6-14(2)15(10-17)19-3/h12-15H,4-11H2,1-3H3. The molecule has 1 saturated carbocycles. The number of ether oxygens (including phenoxy) is 1. The molecule has 0 aromatic rings. The van der Waals surface area contributed by atoms with Gasteiger partial charge < -0.3 is 9.53 Å². The van der Waals surface area contributed by atoms with Gasteiger partial charge in [-0.25, -0.2) is 0 Å². The van der Waals surface area contributed by atoms with Gasteiger partial charge in [-0.1, -0.05) is 26.7 Å². The molecule has 0 amide bonds. The van der Waals surface area contributed by atoms with Crippen LogP contribution in [0.5, 0.6) is 0 Å². The van der Waals surface area contributed by atoms with Crippen molar-refractivity contribution in [2.24, 2.45) is 17.3 Å². The minimum atomic E-state index is -0.0868. The summed E-state index contributed by atoms with van der Waals surface area (Å²) in [4.78, 5) is 14.1. The van der Waals surface area contributed by atoms with Gasteiger partial charge in [-0.3, -0.25) is 4.90 Å². The summed E-state index contributed by atoms with van der Waals surface area (Å²) in [6.07, 6.45) is 7.40. The lowest BCUT2D eigenvalue weighted by molar-refractivity contribution is -0.121. The number of carbonyl (C=O) groups is 1. The van der Waals surface area contributed by atoms with Crippen LogP contribution < -0.4 is 0 Å². The second-order valence-corrected chi connectivity index (χ2v) is 6.96. The van der Waals surface area contributed by atoms with Crippen LogP contribution in [0.15, 0.2) is 0 Å². The number of methoxy groups -OCH3 is 1. The third kappa shape index (κ3) is 3.57. The number of likely N-dealkylation sites (tertiary alicyclic amines) is 1. The van der Waals surface area contributed by atoms with Crippen LogP contribution in [0.1, 0.15) is 46.0 Å². The second kappa shape index (κ2) is 6.36. The molecule has 1 heterocycles. The van der Waals surface area contributed by atoms with Gasteiger partial charge in [0.2, 0.25) is 0 Å². The SMILES string of the molecule is COC1CN(CC2(C=O)CCCC(C)C2)CCC1C. The molecule has 0 aromatic heterocycles. The highest BCUT2D eigenvalue weighted by Crippen LogP contribution is 2.39. The summed E-state index contributed by atoms with van der Waals surface area (Å²) in [6, 6.07) is 0. The minimum absolute atomic E-state index is 0.0868. The highest BCUT2D eigenvalue weighted by molar-refractivity contribution is 5.60. The maximum absolute atomic E-state index is 11.7. The monoisotopic (exact) mass is 267 g/mol. The van der Waals surface area contributed by atoms with Crippen molar-refractivity contribution >= 4 is 6.29 Å². The number of rotatable bonds is 4. The van der Waals surface area contributed by atoms with Crippen LogP contribution in [0, 0.1) is 17.3 Å². The molecule has 2 fully saturated rings. The Morgan fingerprint density at radius 1 is 1.37 bits per heavy atom. The van der Waals surface area contributed by atoms with Gasteiger partial charge in [0.25, 0.3) is 0 Å². The van der Waals surface area contributed by atoms with Crippen LogP contribution in [-0.2, 0) is 9.53 Å². The first-order chi connectivity index (χ1) is 9.08. The van der Waals surface area contributed by atoms with E-state index in [1.807, 2.05) is 7.11 Å². The first-order valence-corrected chi connectivity index (χ1v) is 7.80. The van der Waals surface area contributed by atoms with E-state index in [1.165, 1.54) is 25.5 Å². The lowest BCUT2D eigenvalue weighted by Crippen LogP contribution is -2.49. The van der Waals surface area contributed by atoms with Gasteiger partial charge in [0.1, 0.15) is 6.29 Å². The maximum Gasteiger partial charge on any atom is 0.127 e. The molecule has 2 aliphatic rings. The molecule has 1 aliphatic carbocycles. The Morgan fingerprint density at radius 2 is 2.16 bits per heavy atom. The van der Waals surface area contributed by atoms with E-state index in [1.54, 1.807) is 0 Å². The summed E-state index contributed by atoms with van der Waals surface area (Å²) in [5.74, 6) is 1.33. The van der Waals surface area contributed by atoms with Gasteiger partial charge in [-0.05, 0) is 37.6 Å². The molecule has 19 heavy (non-hydrogen) atoms. The van der Waals surface area contributed by atoms with E-state index in [4.69, 9.17) is 4.74 Å². The van der Waals surface area contributed by atoms with Crippen molar-refractivity contribution in [3.05, 3.63) is 0 Å².